The molecule has 1 N–H and O–H groups in total. The van der Waals surface area contributed by atoms with E-state index in [0.29, 0.717) is 32.0 Å². The van der Waals surface area contributed by atoms with Crippen molar-refractivity contribution in [1.29, 1.82) is 0 Å². The molecule has 8 nitrogen and oxygen atoms in total. The molecule has 0 unspecified atom stereocenters. The zero-order valence-corrected chi connectivity index (χ0v) is 13.5. The Bertz CT molecular complexity index is 541. The van der Waals surface area contributed by atoms with E-state index in [-0.39, 0.29) is 12.1 Å². The summed E-state index contributed by atoms with van der Waals surface area (Å²) in [6.07, 6.45) is 1.29. The molecule has 1 aliphatic heterocycles. The third-order valence-electron chi connectivity index (χ3n) is 3.27. The molecule has 0 spiro atoms. The van der Waals surface area contributed by atoms with Crippen LogP contribution in [-0.2, 0) is 11.8 Å². The summed E-state index contributed by atoms with van der Waals surface area (Å²) >= 11 is 0. The summed E-state index contributed by atoms with van der Waals surface area (Å²) < 4.78 is 6.92. The first kappa shape index (κ1) is 16.1. The monoisotopic (exact) mass is 309 g/mol. The number of carbonyl (C=O) groups excluding carboxylic acids is 2. The van der Waals surface area contributed by atoms with Crippen molar-refractivity contribution >= 4 is 17.9 Å². The lowest BCUT2D eigenvalue weighted by molar-refractivity contribution is 0.0174. The molecule has 0 atom stereocenters. The number of urea groups is 1. The maximum absolute atomic E-state index is 12.2. The second kappa shape index (κ2) is 6.25. The standard InChI is InChI=1S/C14H23N5O3/c1-14(2,3)22-13(21)19-9-7-18(8-10-19)12(20)16-11-5-6-15-17(11)4/h5-6H,7-10H2,1-4H3,(H,16,20). The number of nitrogens with one attached hydrogen (secondary N) is 1. The van der Waals surface area contributed by atoms with Gasteiger partial charge in [0.05, 0.1) is 6.20 Å². The number of piperazine rings is 1. The van der Waals surface area contributed by atoms with Crippen LogP contribution in [0.2, 0.25) is 0 Å². The van der Waals surface area contributed by atoms with Crippen LogP contribution < -0.4 is 5.32 Å². The zero-order valence-electron chi connectivity index (χ0n) is 13.5. The molecule has 122 valence electrons. The van der Waals surface area contributed by atoms with E-state index in [9.17, 15) is 9.59 Å². The Labute approximate surface area is 130 Å². The van der Waals surface area contributed by atoms with E-state index < -0.39 is 5.60 Å². The Kier molecular flexibility index (Phi) is 4.58. The van der Waals surface area contributed by atoms with Crippen LogP contribution in [0.3, 0.4) is 0 Å². The fourth-order valence-electron chi connectivity index (χ4n) is 2.10. The van der Waals surface area contributed by atoms with Crippen LogP contribution in [0.25, 0.3) is 0 Å². The number of nitrogens with zero attached hydrogens (tertiary/aromatic N) is 4. The Hall–Kier alpha value is -2.25. The summed E-state index contributed by atoms with van der Waals surface area (Å²) in [4.78, 5) is 27.4. The normalized spacial score (nSPS) is 15.6. The first-order chi connectivity index (χ1) is 10.3. The van der Waals surface area contributed by atoms with Crippen molar-refractivity contribution in [3.63, 3.8) is 0 Å². The van der Waals surface area contributed by atoms with Crippen LogP contribution in [-0.4, -0.2) is 63.5 Å². The highest BCUT2D eigenvalue weighted by Crippen LogP contribution is 2.13. The van der Waals surface area contributed by atoms with Crippen LogP contribution >= 0.6 is 0 Å². The van der Waals surface area contributed by atoms with E-state index in [1.807, 2.05) is 20.8 Å². The number of ether oxygens (including phenoxy) is 1. The molecule has 2 heterocycles. The summed E-state index contributed by atoms with van der Waals surface area (Å²) in [5, 5.41) is 6.79. The first-order valence-corrected chi connectivity index (χ1v) is 7.28. The minimum absolute atomic E-state index is 0.188. The van der Waals surface area contributed by atoms with Gasteiger partial charge in [-0.3, -0.25) is 10.00 Å². The number of aromatic nitrogens is 2. The fourth-order valence-corrected chi connectivity index (χ4v) is 2.10. The molecule has 1 aromatic rings. The predicted molar refractivity (Wildman–Crippen MR) is 81.6 cm³/mol. The second-order valence-corrected chi connectivity index (χ2v) is 6.22. The lowest BCUT2D eigenvalue weighted by Gasteiger charge is -2.35. The van der Waals surface area contributed by atoms with E-state index in [0.717, 1.165) is 0 Å². The van der Waals surface area contributed by atoms with Crippen molar-refractivity contribution < 1.29 is 14.3 Å². The largest absolute Gasteiger partial charge is 0.444 e. The van der Waals surface area contributed by atoms with Crippen LogP contribution in [0.4, 0.5) is 15.4 Å². The summed E-state index contributed by atoms with van der Waals surface area (Å²) in [5.41, 5.74) is -0.509. The molecule has 0 aliphatic carbocycles. The van der Waals surface area contributed by atoms with Crippen molar-refractivity contribution in [3.8, 4) is 0 Å². The van der Waals surface area contributed by atoms with Crippen LogP contribution in [0.1, 0.15) is 20.8 Å². The molecule has 1 fully saturated rings. The first-order valence-electron chi connectivity index (χ1n) is 7.28. The lowest BCUT2D eigenvalue weighted by Crippen LogP contribution is -2.52. The van der Waals surface area contributed by atoms with Gasteiger partial charge in [0.2, 0.25) is 0 Å². The minimum Gasteiger partial charge on any atom is -0.444 e. The molecule has 2 rings (SSSR count). The Morgan fingerprint density at radius 3 is 2.27 bits per heavy atom. The highest BCUT2D eigenvalue weighted by Gasteiger charge is 2.27. The molecule has 0 bridgehead atoms. The number of hydrogen-bond donors (Lipinski definition) is 1. The van der Waals surface area contributed by atoms with Crippen LogP contribution in [0.15, 0.2) is 12.3 Å². The van der Waals surface area contributed by atoms with E-state index in [4.69, 9.17) is 4.74 Å². The third kappa shape index (κ3) is 4.12. The van der Waals surface area contributed by atoms with Crippen molar-refractivity contribution in [3.05, 3.63) is 12.3 Å². The molecule has 22 heavy (non-hydrogen) atoms. The quantitative estimate of drug-likeness (QED) is 0.852. The smallest absolute Gasteiger partial charge is 0.410 e. The SMILES string of the molecule is Cn1nccc1NC(=O)N1CCN(C(=O)OC(C)(C)C)CC1. The third-order valence-corrected chi connectivity index (χ3v) is 3.27. The summed E-state index contributed by atoms with van der Waals surface area (Å²) in [5.74, 6) is 0.638. The highest BCUT2D eigenvalue weighted by atomic mass is 16.6. The maximum atomic E-state index is 12.2. The molecule has 1 saturated heterocycles. The van der Waals surface area contributed by atoms with Crippen molar-refractivity contribution in [2.45, 2.75) is 26.4 Å². The van der Waals surface area contributed by atoms with Gasteiger partial charge in [-0.25, -0.2) is 9.59 Å². The number of aryl methyl sites for hydroxylation is 1. The Balaban J connectivity index is 1.83. The van der Waals surface area contributed by atoms with Crippen molar-refractivity contribution in [2.75, 3.05) is 31.5 Å². The minimum atomic E-state index is -0.509. The molecule has 0 saturated carbocycles. The number of anilines is 1. The average molecular weight is 309 g/mol. The number of carbonyl (C=O) groups is 2. The number of amides is 3. The molecule has 1 aliphatic rings. The zero-order chi connectivity index (χ0) is 16.3. The summed E-state index contributed by atoms with van der Waals surface area (Å²) in [6, 6.07) is 1.54. The summed E-state index contributed by atoms with van der Waals surface area (Å²) in [6.45, 7) is 7.39. The van der Waals surface area contributed by atoms with Crippen molar-refractivity contribution in [1.82, 2.24) is 19.6 Å². The van der Waals surface area contributed by atoms with Gasteiger partial charge in [0.25, 0.3) is 0 Å². The van der Waals surface area contributed by atoms with Crippen LogP contribution in [0.5, 0.6) is 0 Å². The summed E-state index contributed by atoms with van der Waals surface area (Å²) in [7, 11) is 1.76. The van der Waals surface area contributed by atoms with Gasteiger partial charge in [0.1, 0.15) is 11.4 Å². The number of rotatable bonds is 1. The van der Waals surface area contributed by atoms with Gasteiger partial charge in [-0.15, -0.1) is 0 Å². The van der Waals surface area contributed by atoms with E-state index in [1.54, 1.807) is 33.8 Å². The van der Waals surface area contributed by atoms with Gasteiger partial charge in [-0.05, 0) is 20.8 Å². The van der Waals surface area contributed by atoms with Gasteiger partial charge in [-0.1, -0.05) is 0 Å². The molecule has 1 aromatic heterocycles. The maximum Gasteiger partial charge on any atom is 0.410 e. The second-order valence-electron chi connectivity index (χ2n) is 6.22. The van der Waals surface area contributed by atoms with Gasteiger partial charge in [-0.2, -0.15) is 5.10 Å². The van der Waals surface area contributed by atoms with E-state index >= 15 is 0 Å². The number of hydrogen-bond acceptors (Lipinski definition) is 4. The molecular weight excluding hydrogens is 286 g/mol. The Morgan fingerprint density at radius 1 is 1.18 bits per heavy atom. The molecule has 0 radical (unpaired) electrons. The van der Waals surface area contributed by atoms with Gasteiger partial charge < -0.3 is 14.5 Å². The van der Waals surface area contributed by atoms with Gasteiger partial charge >= 0.3 is 12.1 Å². The van der Waals surface area contributed by atoms with Gasteiger partial charge in [0.15, 0.2) is 0 Å². The predicted octanol–water partition coefficient (Wildman–Crippen LogP) is 1.50. The lowest BCUT2D eigenvalue weighted by atomic mass is 10.2. The van der Waals surface area contributed by atoms with Crippen molar-refractivity contribution in [2.24, 2.45) is 7.05 Å². The topological polar surface area (TPSA) is 79.7 Å². The van der Waals surface area contributed by atoms with Crippen LogP contribution in [0, 0.1) is 0 Å². The average Bonchev–Trinajstić information content (AvgIpc) is 2.82. The molecular formula is C14H23N5O3. The van der Waals surface area contributed by atoms with E-state index in [1.165, 1.54) is 0 Å². The van der Waals surface area contributed by atoms with Gasteiger partial charge in [0, 0.05) is 39.3 Å². The molecule has 8 heteroatoms. The Morgan fingerprint density at radius 2 is 1.77 bits per heavy atom. The molecule has 3 amide bonds. The highest BCUT2D eigenvalue weighted by molar-refractivity contribution is 5.88. The van der Waals surface area contributed by atoms with E-state index in [2.05, 4.69) is 10.4 Å². The fraction of sp³-hybridized carbons (Fsp3) is 0.643. The molecule has 0 aromatic carbocycles.